The molecule has 0 atom stereocenters. The standard InChI is InChI=1S/C18H17N3O2S/c22-16-11-19-21(15-4-2-1-3-14(15)16)9-6-18(23)20-8-5-17-13(12-20)7-10-24-17/h1-4,7,10-11H,5-6,8-9,12H2. The predicted molar refractivity (Wildman–Crippen MR) is 94.1 cm³/mol. The van der Waals surface area contributed by atoms with Crippen LogP contribution in [-0.2, 0) is 24.3 Å². The molecule has 0 spiro atoms. The zero-order chi connectivity index (χ0) is 16.5. The van der Waals surface area contributed by atoms with Crippen molar-refractivity contribution >= 4 is 28.1 Å². The zero-order valence-corrected chi connectivity index (χ0v) is 14.0. The van der Waals surface area contributed by atoms with Gasteiger partial charge < -0.3 is 4.90 Å². The molecule has 0 saturated heterocycles. The van der Waals surface area contributed by atoms with E-state index in [1.165, 1.54) is 16.6 Å². The number of para-hydroxylation sites is 1. The van der Waals surface area contributed by atoms with Crippen molar-refractivity contribution in [2.75, 3.05) is 6.54 Å². The Balaban J connectivity index is 1.49. The van der Waals surface area contributed by atoms with Gasteiger partial charge >= 0.3 is 0 Å². The fraction of sp³-hybridized carbons (Fsp3) is 0.278. The fourth-order valence-electron chi connectivity index (χ4n) is 3.16. The quantitative estimate of drug-likeness (QED) is 0.736. The largest absolute Gasteiger partial charge is 0.338 e. The maximum absolute atomic E-state index is 12.5. The Hall–Kier alpha value is -2.47. The summed E-state index contributed by atoms with van der Waals surface area (Å²) in [5.74, 6) is 0.136. The van der Waals surface area contributed by atoms with Crippen molar-refractivity contribution < 1.29 is 4.79 Å². The fourth-order valence-corrected chi connectivity index (χ4v) is 4.05. The molecule has 1 aliphatic rings. The van der Waals surface area contributed by atoms with Crippen molar-refractivity contribution in [2.24, 2.45) is 0 Å². The number of benzene rings is 1. The molecule has 0 saturated carbocycles. The van der Waals surface area contributed by atoms with Gasteiger partial charge in [-0.15, -0.1) is 11.3 Å². The number of rotatable bonds is 3. The summed E-state index contributed by atoms with van der Waals surface area (Å²) in [6.45, 7) is 1.97. The second-order valence-corrected chi connectivity index (χ2v) is 6.93. The molecule has 6 heteroatoms. The summed E-state index contributed by atoms with van der Waals surface area (Å²) < 4.78 is 1.74. The molecule has 3 heterocycles. The first-order valence-corrected chi connectivity index (χ1v) is 8.88. The smallest absolute Gasteiger partial charge is 0.224 e. The van der Waals surface area contributed by atoms with Crippen molar-refractivity contribution in [3.05, 3.63) is 62.6 Å². The van der Waals surface area contributed by atoms with Crippen molar-refractivity contribution in [2.45, 2.75) is 25.9 Å². The Morgan fingerprint density at radius 1 is 1.25 bits per heavy atom. The van der Waals surface area contributed by atoms with Gasteiger partial charge in [-0.1, -0.05) is 12.1 Å². The average molecular weight is 339 g/mol. The molecule has 1 aliphatic heterocycles. The Morgan fingerprint density at radius 3 is 3.04 bits per heavy atom. The number of nitrogens with zero attached hydrogens (tertiary/aromatic N) is 3. The molecule has 1 aromatic carbocycles. The predicted octanol–water partition coefficient (Wildman–Crippen LogP) is 2.43. The maximum Gasteiger partial charge on any atom is 0.224 e. The van der Waals surface area contributed by atoms with Crippen LogP contribution >= 0.6 is 11.3 Å². The van der Waals surface area contributed by atoms with Crippen LogP contribution in [0.5, 0.6) is 0 Å². The van der Waals surface area contributed by atoms with Crippen molar-refractivity contribution in [1.82, 2.24) is 14.7 Å². The van der Waals surface area contributed by atoms with Crippen LogP contribution in [0.3, 0.4) is 0 Å². The highest BCUT2D eigenvalue weighted by Crippen LogP contribution is 2.24. The molecule has 0 radical (unpaired) electrons. The van der Waals surface area contributed by atoms with Gasteiger partial charge in [0.25, 0.3) is 0 Å². The molecule has 122 valence electrons. The van der Waals surface area contributed by atoms with Crippen LogP contribution in [0.1, 0.15) is 16.9 Å². The monoisotopic (exact) mass is 339 g/mol. The average Bonchev–Trinajstić information content (AvgIpc) is 3.09. The van der Waals surface area contributed by atoms with E-state index in [9.17, 15) is 9.59 Å². The number of aromatic nitrogens is 2. The van der Waals surface area contributed by atoms with Gasteiger partial charge in [-0.25, -0.2) is 0 Å². The van der Waals surface area contributed by atoms with Gasteiger partial charge in [-0.2, -0.15) is 5.10 Å². The zero-order valence-electron chi connectivity index (χ0n) is 13.1. The van der Waals surface area contributed by atoms with Gasteiger partial charge in [0.1, 0.15) is 0 Å². The second kappa shape index (κ2) is 6.20. The van der Waals surface area contributed by atoms with Gasteiger partial charge in [0.05, 0.1) is 18.3 Å². The van der Waals surface area contributed by atoms with Crippen LogP contribution in [0.2, 0.25) is 0 Å². The van der Waals surface area contributed by atoms with Crippen LogP contribution in [0.4, 0.5) is 0 Å². The van der Waals surface area contributed by atoms with Crippen LogP contribution in [-0.4, -0.2) is 27.1 Å². The molecule has 1 amide bonds. The van der Waals surface area contributed by atoms with Gasteiger partial charge in [0.15, 0.2) is 0 Å². The molecule has 0 fully saturated rings. The first-order chi connectivity index (χ1) is 11.7. The minimum atomic E-state index is -0.0887. The minimum absolute atomic E-state index is 0.0887. The number of carbonyl (C=O) groups is 1. The molecule has 4 rings (SSSR count). The highest BCUT2D eigenvalue weighted by Gasteiger charge is 2.21. The SMILES string of the molecule is O=C(CCn1ncc(=O)c2ccccc21)N1CCc2sccc2C1. The maximum atomic E-state index is 12.5. The number of carbonyl (C=O) groups excluding carboxylic acids is 1. The molecular formula is C18H17N3O2S. The highest BCUT2D eigenvalue weighted by molar-refractivity contribution is 7.10. The molecule has 0 unspecified atom stereocenters. The number of amides is 1. The van der Waals surface area contributed by atoms with Crippen LogP contribution < -0.4 is 5.43 Å². The molecular weight excluding hydrogens is 322 g/mol. The lowest BCUT2D eigenvalue weighted by Gasteiger charge is -2.27. The lowest BCUT2D eigenvalue weighted by molar-refractivity contribution is -0.132. The Labute approximate surface area is 143 Å². The number of fused-ring (bicyclic) bond motifs is 2. The van der Waals surface area contributed by atoms with E-state index in [0.717, 1.165) is 18.5 Å². The third-order valence-corrected chi connectivity index (χ3v) is 5.48. The number of thiophene rings is 1. The third-order valence-electron chi connectivity index (χ3n) is 4.46. The van der Waals surface area contributed by atoms with E-state index in [0.29, 0.717) is 24.9 Å². The summed E-state index contributed by atoms with van der Waals surface area (Å²) in [7, 11) is 0. The van der Waals surface area contributed by atoms with E-state index in [2.05, 4.69) is 16.5 Å². The Morgan fingerprint density at radius 2 is 2.12 bits per heavy atom. The first-order valence-electron chi connectivity index (χ1n) is 8.00. The van der Waals surface area contributed by atoms with E-state index in [-0.39, 0.29) is 11.3 Å². The number of hydrogen-bond donors (Lipinski definition) is 0. The Bertz CT molecular complexity index is 960. The third kappa shape index (κ3) is 2.73. The molecule has 0 bridgehead atoms. The van der Waals surface area contributed by atoms with Crippen molar-refractivity contribution in [3.63, 3.8) is 0 Å². The van der Waals surface area contributed by atoms with E-state index in [1.54, 1.807) is 22.1 Å². The molecule has 24 heavy (non-hydrogen) atoms. The minimum Gasteiger partial charge on any atom is -0.338 e. The highest BCUT2D eigenvalue weighted by atomic mass is 32.1. The van der Waals surface area contributed by atoms with Crippen LogP contribution in [0, 0.1) is 0 Å². The van der Waals surface area contributed by atoms with E-state index < -0.39 is 0 Å². The summed E-state index contributed by atoms with van der Waals surface area (Å²) in [4.78, 5) is 27.7. The van der Waals surface area contributed by atoms with Gasteiger partial charge in [-0.3, -0.25) is 14.3 Å². The van der Waals surface area contributed by atoms with Gasteiger partial charge in [0.2, 0.25) is 11.3 Å². The topological polar surface area (TPSA) is 55.2 Å². The van der Waals surface area contributed by atoms with Crippen molar-refractivity contribution in [3.8, 4) is 0 Å². The summed E-state index contributed by atoms with van der Waals surface area (Å²) in [5, 5.41) is 6.92. The van der Waals surface area contributed by atoms with Crippen LogP contribution in [0.15, 0.2) is 46.7 Å². The van der Waals surface area contributed by atoms with Crippen LogP contribution in [0.25, 0.3) is 10.9 Å². The lowest BCUT2D eigenvalue weighted by atomic mass is 10.1. The molecule has 0 aliphatic carbocycles. The van der Waals surface area contributed by atoms with E-state index >= 15 is 0 Å². The molecule has 3 aromatic rings. The van der Waals surface area contributed by atoms with Gasteiger partial charge in [-0.05, 0) is 35.6 Å². The van der Waals surface area contributed by atoms with E-state index in [1.807, 2.05) is 23.1 Å². The number of hydrogen-bond acceptors (Lipinski definition) is 4. The van der Waals surface area contributed by atoms with Gasteiger partial charge in [0, 0.05) is 29.8 Å². The number of aryl methyl sites for hydroxylation is 1. The molecule has 0 N–H and O–H groups in total. The summed E-state index contributed by atoms with van der Waals surface area (Å²) in [6, 6.07) is 9.49. The summed E-state index contributed by atoms with van der Waals surface area (Å²) in [6.07, 6.45) is 2.66. The lowest BCUT2D eigenvalue weighted by Crippen LogP contribution is -2.35. The molecule has 2 aromatic heterocycles. The normalized spacial score (nSPS) is 13.9. The Kier molecular flexibility index (Phi) is 3.90. The molecule has 5 nitrogen and oxygen atoms in total. The second-order valence-electron chi connectivity index (χ2n) is 5.93. The first kappa shape index (κ1) is 15.1. The summed E-state index contributed by atoms with van der Waals surface area (Å²) >= 11 is 1.77. The summed E-state index contributed by atoms with van der Waals surface area (Å²) in [5.41, 5.74) is 1.96. The van der Waals surface area contributed by atoms with Crippen molar-refractivity contribution in [1.29, 1.82) is 0 Å². The van der Waals surface area contributed by atoms with E-state index in [4.69, 9.17) is 0 Å².